The maximum atomic E-state index is 9.74. The van der Waals surface area contributed by atoms with E-state index in [0.717, 1.165) is 16.8 Å². The van der Waals surface area contributed by atoms with Crippen molar-refractivity contribution in [2.75, 3.05) is 5.32 Å². The average molecular weight is 271 g/mol. The molecule has 0 saturated carbocycles. The predicted octanol–water partition coefficient (Wildman–Crippen LogP) is 3.96. The Morgan fingerprint density at radius 3 is 2.63 bits per heavy atom. The van der Waals surface area contributed by atoms with Crippen molar-refractivity contribution in [3.63, 3.8) is 0 Å². The molecule has 2 N–H and O–H groups in total. The van der Waals surface area contributed by atoms with Crippen molar-refractivity contribution in [1.29, 1.82) is 0 Å². The number of nitrogens with one attached hydrogen (secondary N) is 1. The first-order chi connectivity index (χ1) is 9.24. The summed E-state index contributed by atoms with van der Waals surface area (Å²) in [6.45, 7) is 0. The van der Waals surface area contributed by atoms with Gasteiger partial charge in [0.2, 0.25) is 5.88 Å². The number of hydrogen-bond donors (Lipinski definition) is 2. The number of aliphatic hydroxyl groups excluding tert-OH is 1. The summed E-state index contributed by atoms with van der Waals surface area (Å²) < 4.78 is 0. The standard InChI is InChI=1S/C15H11ClN2O/c16-11-6-7-13-12(8-11)15(18-14(19)9-17-13)10-4-2-1-3-5-10/h1-9,17,19H. The number of benzene rings is 2. The first-order valence-corrected chi connectivity index (χ1v) is 6.21. The number of fused-ring (bicyclic) bond motifs is 1. The molecule has 19 heavy (non-hydrogen) atoms. The summed E-state index contributed by atoms with van der Waals surface area (Å²) in [5.74, 6) is -0.0637. The smallest absolute Gasteiger partial charge is 0.228 e. The molecule has 1 aliphatic heterocycles. The monoisotopic (exact) mass is 270 g/mol. The number of halogens is 1. The zero-order chi connectivity index (χ0) is 13.2. The largest absolute Gasteiger partial charge is 0.492 e. The summed E-state index contributed by atoms with van der Waals surface area (Å²) in [4.78, 5) is 4.24. The molecule has 0 unspecified atom stereocenters. The van der Waals surface area contributed by atoms with Crippen molar-refractivity contribution in [2.45, 2.75) is 0 Å². The molecule has 2 aromatic rings. The van der Waals surface area contributed by atoms with Gasteiger partial charge in [-0.05, 0) is 18.2 Å². The molecule has 0 amide bonds. The van der Waals surface area contributed by atoms with Crippen molar-refractivity contribution >= 4 is 23.0 Å². The Morgan fingerprint density at radius 1 is 1.05 bits per heavy atom. The highest BCUT2D eigenvalue weighted by Gasteiger charge is 2.15. The second kappa shape index (κ2) is 4.78. The van der Waals surface area contributed by atoms with E-state index in [9.17, 15) is 5.11 Å². The normalized spacial score (nSPS) is 13.7. The van der Waals surface area contributed by atoms with Gasteiger partial charge in [0.05, 0.1) is 11.9 Å². The van der Waals surface area contributed by atoms with E-state index in [2.05, 4.69) is 10.3 Å². The highest BCUT2D eigenvalue weighted by Crippen LogP contribution is 2.26. The van der Waals surface area contributed by atoms with Gasteiger partial charge < -0.3 is 10.4 Å². The summed E-state index contributed by atoms with van der Waals surface area (Å²) in [5, 5.41) is 13.4. The van der Waals surface area contributed by atoms with Gasteiger partial charge in [0, 0.05) is 21.8 Å². The highest BCUT2D eigenvalue weighted by atomic mass is 35.5. The van der Waals surface area contributed by atoms with Crippen molar-refractivity contribution < 1.29 is 5.11 Å². The van der Waals surface area contributed by atoms with Crippen LogP contribution in [0.3, 0.4) is 0 Å². The van der Waals surface area contributed by atoms with Crippen LogP contribution in [-0.2, 0) is 0 Å². The molecule has 0 radical (unpaired) electrons. The molecule has 2 aromatic carbocycles. The molecule has 1 heterocycles. The Kier molecular flexibility index (Phi) is 2.97. The van der Waals surface area contributed by atoms with Crippen molar-refractivity contribution in [1.82, 2.24) is 0 Å². The van der Waals surface area contributed by atoms with Crippen LogP contribution in [0.4, 0.5) is 5.69 Å². The van der Waals surface area contributed by atoms with Crippen LogP contribution in [0, 0.1) is 0 Å². The van der Waals surface area contributed by atoms with Gasteiger partial charge in [0.25, 0.3) is 0 Å². The molecule has 0 atom stereocenters. The maximum Gasteiger partial charge on any atom is 0.228 e. The van der Waals surface area contributed by atoms with Crippen LogP contribution in [0.25, 0.3) is 0 Å². The van der Waals surface area contributed by atoms with Gasteiger partial charge in [0.15, 0.2) is 0 Å². The minimum Gasteiger partial charge on any atom is -0.492 e. The van der Waals surface area contributed by atoms with Gasteiger partial charge in [-0.15, -0.1) is 0 Å². The third-order valence-corrected chi connectivity index (χ3v) is 3.10. The molecule has 0 aromatic heterocycles. The molecule has 0 spiro atoms. The lowest BCUT2D eigenvalue weighted by Crippen LogP contribution is -2.05. The molecular formula is C15H11ClN2O. The summed E-state index contributed by atoms with van der Waals surface area (Å²) in [7, 11) is 0. The molecule has 3 rings (SSSR count). The second-order valence-corrected chi connectivity index (χ2v) is 4.60. The van der Waals surface area contributed by atoms with E-state index >= 15 is 0 Å². The fraction of sp³-hybridized carbons (Fsp3) is 0. The molecule has 0 saturated heterocycles. The van der Waals surface area contributed by atoms with E-state index in [0.29, 0.717) is 10.7 Å². The van der Waals surface area contributed by atoms with Crippen LogP contribution in [0.1, 0.15) is 11.1 Å². The molecule has 0 fully saturated rings. The minimum atomic E-state index is -0.0637. The van der Waals surface area contributed by atoms with Crippen molar-refractivity contribution in [3.8, 4) is 0 Å². The van der Waals surface area contributed by atoms with E-state index in [1.54, 1.807) is 6.07 Å². The summed E-state index contributed by atoms with van der Waals surface area (Å²) >= 11 is 6.06. The third kappa shape index (κ3) is 2.33. The van der Waals surface area contributed by atoms with Crippen molar-refractivity contribution in [2.24, 2.45) is 4.99 Å². The Balaban J connectivity index is 2.23. The van der Waals surface area contributed by atoms with E-state index in [4.69, 9.17) is 11.6 Å². The Morgan fingerprint density at radius 2 is 1.84 bits per heavy atom. The number of rotatable bonds is 1. The molecule has 0 bridgehead atoms. The Labute approximate surface area is 115 Å². The van der Waals surface area contributed by atoms with Gasteiger partial charge in [-0.2, -0.15) is 0 Å². The Hall–Kier alpha value is -2.26. The van der Waals surface area contributed by atoms with E-state index in [1.165, 1.54) is 6.20 Å². The van der Waals surface area contributed by atoms with Crippen LogP contribution >= 0.6 is 11.6 Å². The summed E-state index contributed by atoms with van der Waals surface area (Å²) in [5.41, 5.74) is 3.33. The second-order valence-electron chi connectivity index (χ2n) is 4.16. The van der Waals surface area contributed by atoms with Crippen LogP contribution in [0.2, 0.25) is 5.02 Å². The predicted molar refractivity (Wildman–Crippen MR) is 77.9 cm³/mol. The number of anilines is 1. The van der Waals surface area contributed by atoms with Crippen LogP contribution in [0.15, 0.2) is 65.6 Å². The van der Waals surface area contributed by atoms with Crippen LogP contribution in [-0.4, -0.2) is 10.8 Å². The first-order valence-electron chi connectivity index (χ1n) is 5.84. The zero-order valence-electron chi connectivity index (χ0n) is 9.97. The fourth-order valence-corrected chi connectivity index (χ4v) is 2.18. The SMILES string of the molecule is OC1=CNc2ccc(Cl)cc2C(c2ccccc2)=N1. The quantitative estimate of drug-likeness (QED) is 0.824. The zero-order valence-corrected chi connectivity index (χ0v) is 10.7. The minimum absolute atomic E-state index is 0.0637. The molecule has 94 valence electrons. The Bertz CT molecular complexity index is 678. The number of hydrogen-bond acceptors (Lipinski definition) is 3. The van der Waals surface area contributed by atoms with E-state index in [-0.39, 0.29) is 5.88 Å². The van der Waals surface area contributed by atoms with E-state index < -0.39 is 0 Å². The third-order valence-electron chi connectivity index (χ3n) is 2.87. The van der Waals surface area contributed by atoms with Gasteiger partial charge >= 0.3 is 0 Å². The molecule has 4 heteroatoms. The fourth-order valence-electron chi connectivity index (χ4n) is 2.00. The lowest BCUT2D eigenvalue weighted by atomic mass is 10.0. The molecule has 1 aliphatic rings. The summed E-state index contributed by atoms with van der Waals surface area (Å²) in [6.07, 6.45) is 1.46. The molecule has 0 aliphatic carbocycles. The molecular weight excluding hydrogens is 260 g/mol. The lowest BCUT2D eigenvalue weighted by molar-refractivity contribution is 0.406. The van der Waals surface area contributed by atoms with Gasteiger partial charge in [-0.25, -0.2) is 4.99 Å². The maximum absolute atomic E-state index is 9.74. The topological polar surface area (TPSA) is 44.6 Å². The summed E-state index contributed by atoms with van der Waals surface area (Å²) in [6, 6.07) is 15.2. The number of nitrogens with zero attached hydrogens (tertiary/aromatic N) is 1. The van der Waals surface area contributed by atoms with Gasteiger partial charge in [-0.3, -0.25) is 0 Å². The number of aliphatic imine (C=N–C) groups is 1. The van der Waals surface area contributed by atoms with Crippen LogP contribution < -0.4 is 5.32 Å². The first kappa shape index (κ1) is 11.8. The number of aliphatic hydroxyl groups is 1. The highest BCUT2D eigenvalue weighted by molar-refractivity contribution is 6.31. The lowest BCUT2D eigenvalue weighted by Gasteiger charge is -2.10. The average Bonchev–Trinajstić information content (AvgIpc) is 2.59. The van der Waals surface area contributed by atoms with Gasteiger partial charge in [0.1, 0.15) is 0 Å². The van der Waals surface area contributed by atoms with E-state index in [1.807, 2.05) is 42.5 Å². The molecule has 3 nitrogen and oxygen atoms in total. The van der Waals surface area contributed by atoms with Gasteiger partial charge in [-0.1, -0.05) is 41.9 Å². The van der Waals surface area contributed by atoms with Crippen LogP contribution in [0.5, 0.6) is 0 Å². The van der Waals surface area contributed by atoms with Crippen molar-refractivity contribution in [3.05, 3.63) is 76.8 Å².